The zero-order valence-corrected chi connectivity index (χ0v) is 16.2. The Morgan fingerprint density at radius 3 is 2.85 bits per heavy atom. The number of nitrogens with zero attached hydrogens (tertiary/aromatic N) is 3. The number of sulfone groups is 1. The summed E-state index contributed by atoms with van der Waals surface area (Å²) < 4.78 is 23.5. The van der Waals surface area contributed by atoms with Crippen LogP contribution in [0.15, 0.2) is 16.5 Å². The summed E-state index contributed by atoms with van der Waals surface area (Å²) in [6.45, 7) is 2.65. The third-order valence-corrected chi connectivity index (χ3v) is 8.15. The summed E-state index contributed by atoms with van der Waals surface area (Å²) in [4.78, 5) is 28.4. The molecule has 0 radical (unpaired) electrons. The normalized spacial score (nSPS) is 28.0. The van der Waals surface area contributed by atoms with Gasteiger partial charge in [0.25, 0.3) is 5.91 Å². The number of rotatable bonds is 2. The minimum absolute atomic E-state index is 0.0156. The average molecular weight is 396 g/mol. The Morgan fingerprint density at radius 1 is 1.31 bits per heavy atom. The van der Waals surface area contributed by atoms with Gasteiger partial charge in [0, 0.05) is 24.3 Å². The van der Waals surface area contributed by atoms with Crippen LogP contribution in [0, 0.1) is 0 Å². The van der Waals surface area contributed by atoms with E-state index in [9.17, 15) is 18.0 Å². The molecule has 2 atom stereocenters. The SMILES string of the molecule is C[C@@H]1c2ccsc2CCN1C(=O)C1=NN([C@H]2CCS(=O)(=O)C2)C(=O)CC1. The molecule has 9 heteroatoms. The van der Waals surface area contributed by atoms with E-state index in [1.165, 1.54) is 15.4 Å². The lowest BCUT2D eigenvalue weighted by Crippen LogP contribution is -2.47. The minimum atomic E-state index is -3.12. The summed E-state index contributed by atoms with van der Waals surface area (Å²) in [5.41, 5.74) is 1.54. The van der Waals surface area contributed by atoms with Crippen LogP contribution < -0.4 is 0 Å². The molecule has 1 saturated heterocycles. The molecule has 4 rings (SSSR count). The highest BCUT2D eigenvalue weighted by molar-refractivity contribution is 7.91. The molecule has 0 spiro atoms. The van der Waals surface area contributed by atoms with E-state index in [0.29, 0.717) is 25.1 Å². The van der Waals surface area contributed by atoms with Crippen molar-refractivity contribution in [1.29, 1.82) is 0 Å². The summed E-state index contributed by atoms with van der Waals surface area (Å²) in [5.74, 6) is -0.338. The number of hydrazone groups is 1. The summed E-state index contributed by atoms with van der Waals surface area (Å²) in [7, 11) is -3.12. The van der Waals surface area contributed by atoms with Gasteiger partial charge in [-0.05, 0) is 36.8 Å². The first-order valence-electron chi connectivity index (χ1n) is 8.83. The fourth-order valence-corrected chi connectivity index (χ4v) is 6.59. The van der Waals surface area contributed by atoms with Crippen LogP contribution in [0.2, 0.25) is 0 Å². The van der Waals surface area contributed by atoms with Crippen LogP contribution in [-0.4, -0.2) is 59.9 Å². The van der Waals surface area contributed by atoms with Crippen LogP contribution >= 0.6 is 11.3 Å². The summed E-state index contributed by atoms with van der Waals surface area (Å²) in [6, 6.07) is 1.60. The molecule has 140 valence electrons. The first-order valence-corrected chi connectivity index (χ1v) is 11.5. The molecule has 3 aliphatic rings. The molecule has 0 N–H and O–H groups in total. The Labute approximate surface area is 156 Å². The molecule has 7 nitrogen and oxygen atoms in total. The van der Waals surface area contributed by atoms with Crippen molar-refractivity contribution in [2.24, 2.45) is 5.10 Å². The standard InChI is InChI=1S/C17H21N3O4S2/c1-11-13-5-8-25-15(13)4-7-19(11)17(22)14-2-3-16(21)20(18-14)12-6-9-26(23,24)10-12/h5,8,11-12H,2-4,6-7,9-10H2,1H3/t11-,12+/m1/s1. The molecule has 0 bridgehead atoms. The van der Waals surface area contributed by atoms with Crippen molar-refractivity contribution >= 4 is 38.7 Å². The molecule has 26 heavy (non-hydrogen) atoms. The topological polar surface area (TPSA) is 87.1 Å². The van der Waals surface area contributed by atoms with E-state index in [4.69, 9.17) is 0 Å². The smallest absolute Gasteiger partial charge is 0.270 e. The van der Waals surface area contributed by atoms with Crippen LogP contribution in [0.5, 0.6) is 0 Å². The monoisotopic (exact) mass is 395 g/mol. The van der Waals surface area contributed by atoms with Gasteiger partial charge in [-0.1, -0.05) is 0 Å². The van der Waals surface area contributed by atoms with Gasteiger partial charge in [-0.15, -0.1) is 11.3 Å². The molecule has 4 heterocycles. The van der Waals surface area contributed by atoms with Crippen molar-refractivity contribution < 1.29 is 18.0 Å². The Kier molecular flexibility index (Phi) is 4.38. The summed E-state index contributed by atoms with van der Waals surface area (Å²) in [5, 5.41) is 7.62. The second kappa shape index (κ2) is 6.45. The van der Waals surface area contributed by atoms with Gasteiger partial charge in [0.05, 0.1) is 23.6 Å². The second-order valence-electron chi connectivity index (χ2n) is 7.07. The fraction of sp³-hybridized carbons (Fsp3) is 0.588. The lowest BCUT2D eigenvalue weighted by Gasteiger charge is -2.35. The average Bonchev–Trinajstić information content (AvgIpc) is 3.22. The summed E-state index contributed by atoms with van der Waals surface area (Å²) in [6.07, 6.45) is 1.73. The zero-order valence-electron chi connectivity index (χ0n) is 14.6. The minimum Gasteiger partial charge on any atom is -0.330 e. The molecule has 1 fully saturated rings. The molecule has 0 aliphatic carbocycles. The van der Waals surface area contributed by atoms with E-state index in [1.807, 2.05) is 17.2 Å². The number of hydrogen-bond acceptors (Lipinski definition) is 6. The highest BCUT2D eigenvalue weighted by atomic mass is 32.2. The van der Waals surface area contributed by atoms with Crippen molar-refractivity contribution in [2.45, 2.75) is 44.7 Å². The number of amides is 2. The van der Waals surface area contributed by atoms with Gasteiger partial charge in [-0.25, -0.2) is 13.4 Å². The molecule has 3 aliphatic heterocycles. The van der Waals surface area contributed by atoms with E-state index >= 15 is 0 Å². The van der Waals surface area contributed by atoms with Crippen LogP contribution in [-0.2, 0) is 25.8 Å². The van der Waals surface area contributed by atoms with Crippen molar-refractivity contribution in [3.8, 4) is 0 Å². The molecule has 0 saturated carbocycles. The van der Waals surface area contributed by atoms with Gasteiger partial charge in [0.1, 0.15) is 5.71 Å². The third-order valence-electron chi connectivity index (χ3n) is 5.40. The molecule has 1 aromatic heterocycles. The predicted octanol–water partition coefficient (Wildman–Crippen LogP) is 1.36. The maximum Gasteiger partial charge on any atom is 0.270 e. The third kappa shape index (κ3) is 3.07. The highest BCUT2D eigenvalue weighted by Crippen LogP contribution is 2.33. The highest BCUT2D eigenvalue weighted by Gasteiger charge is 2.39. The van der Waals surface area contributed by atoms with Crippen molar-refractivity contribution in [3.63, 3.8) is 0 Å². The first kappa shape index (κ1) is 17.7. The van der Waals surface area contributed by atoms with Crippen LogP contribution in [0.4, 0.5) is 0 Å². The van der Waals surface area contributed by atoms with Gasteiger partial charge in [-0.2, -0.15) is 5.10 Å². The quantitative estimate of drug-likeness (QED) is 0.756. The maximum atomic E-state index is 13.0. The van der Waals surface area contributed by atoms with Gasteiger partial charge >= 0.3 is 0 Å². The van der Waals surface area contributed by atoms with Crippen LogP contribution in [0.3, 0.4) is 0 Å². The van der Waals surface area contributed by atoms with E-state index < -0.39 is 15.9 Å². The van der Waals surface area contributed by atoms with Crippen LogP contribution in [0.25, 0.3) is 0 Å². The summed E-state index contributed by atoms with van der Waals surface area (Å²) >= 11 is 1.72. The number of hydrogen-bond donors (Lipinski definition) is 0. The molecule has 0 unspecified atom stereocenters. The van der Waals surface area contributed by atoms with Gasteiger partial charge < -0.3 is 4.90 Å². The lowest BCUT2D eigenvalue weighted by atomic mass is 10.00. The van der Waals surface area contributed by atoms with Gasteiger partial charge in [-0.3, -0.25) is 9.59 Å². The predicted molar refractivity (Wildman–Crippen MR) is 98.7 cm³/mol. The lowest BCUT2D eigenvalue weighted by molar-refractivity contribution is -0.134. The first-order chi connectivity index (χ1) is 12.4. The Hall–Kier alpha value is -1.74. The molecular weight excluding hydrogens is 374 g/mol. The Bertz CT molecular complexity index is 890. The molecular formula is C17H21N3O4S2. The molecule has 1 aromatic rings. The number of fused-ring (bicyclic) bond motifs is 1. The van der Waals surface area contributed by atoms with E-state index in [2.05, 4.69) is 11.2 Å². The Balaban J connectivity index is 1.56. The fourth-order valence-electron chi connectivity index (χ4n) is 3.93. The second-order valence-corrected chi connectivity index (χ2v) is 10.3. The molecule has 0 aromatic carbocycles. The van der Waals surface area contributed by atoms with Crippen molar-refractivity contribution in [3.05, 3.63) is 21.9 Å². The number of carbonyl (C=O) groups is 2. The Morgan fingerprint density at radius 2 is 2.12 bits per heavy atom. The zero-order chi connectivity index (χ0) is 18.5. The maximum absolute atomic E-state index is 13.0. The van der Waals surface area contributed by atoms with Gasteiger partial charge in [0.15, 0.2) is 9.84 Å². The van der Waals surface area contributed by atoms with Crippen molar-refractivity contribution in [1.82, 2.24) is 9.91 Å². The van der Waals surface area contributed by atoms with E-state index in [0.717, 1.165) is 6.42 Å². The number of carbonyl (C=O) groups excluding carboxylic acids is 2. The molecule has 2 amide bonds. The number of thiophene rings is 1. The van der Waals surface area contributed by atoms with E-state index in [1.54, 1.807) is 11.3 Å². The largest absolute Gasteiger partial charge is 0.330 e. The van der Waals surface area contributed by atoms with Gasteiger partial charge in [0.2, 0.25) is 5.91 Å². The van der Waals surface area contributed by atoms with Crippen molar-refractivity contribution in [2.75, 3.05) is 18.1 Å². The van der Waals surface area contributed by atoms with E-state index in [-0.39, 0.29) is 35.8 Å². The van der Waals surface area contributed by atoms with Crippen LogP contribution in [0.1, 0.15) is 42.7 Å².